The van der Waals surface area contributed by atoms with Gasteiger partial charge >= 0.3 is 0 Å². The summed E-state index contributed by atoms with van der Waals surface area (Å²) in [7, 11) is 0. The van der Waals surface area contributed by atoms with Gasteiger partial charge in [-0.05, 0) is 0 Å². The quantitative estimate of drug-likeness (QED) is 0.0429. The normalized spacial score (nSPS) is 32.7. The zero-order chi connectivity index (χ0) is 32.2. The molecule has 2 fully saturated rings. The molecule has 262 valence electrons. The van der Waals surface area contributed by atoms with Crippen LogP contribution in [0.25, 0.3) is 0 Å². The molecule has 0 saturated carbocycles. The SMILES string of the molecule is OCCOCC1O[C@@H](O[C@H]2C(COCCO)OC(O)C(OCCO)C2OCCO)C(OCCO)C(OCCO)C1OCCO. The zero-order valence-corrected chi connectivity index (χ0v) is 24.7. The molecule has 0 spiro atoms. The molecule has 0 aliphatic carbocycles. The van der Waals surface area contributed by atoms with E-state index in [9.17, 15) is 40.9 Å². The molecule has 8 N–H and O–H groups in total. The third kappa shape index (κ3) is 12.5. The van der Waals surface area contributed by atoms with Crippen molar-refractivity contribution < 1.29 is 88.2 Å². The van der Waals surface area contributed by atoms with Gasteiger partial charge in [-0.1, -0.05) is 0 Å². The number of rotatable bonds is 25. The molecule has 0 aromatic rings. The molecule has 0 bridgehead atoms. The Balaban J connectivity index is 2.51. The summed E-state index contributed by atoms with van der Waals surface area (Å²) in [6, 6.07) is 0. The predicted octanol–water partition coefficient (Wildman–Crippen LogP) is -5.28. The van der Waals surface area contributed by atoms with E-state index >= 15 is 0 Å². The van der Waals surface area contributed by atoms with Crippen molar-refractivity contribution in [1.29, 1.82) is 0 Å². The van der Waals surface area contributed by atoms with Gasteiger partial charge in [0.1, 0.15) is 48.8 Å². The Morgan fingerprint density at radius 1 is 0.409 bits per heavy atom. The average molecular weight is 651 g/mol. The van der Waals surface area contributed by atoms with E-state index in [-0.39, 0.29) is 106 Å². The standard InChI is InChI=1S/C26H50O18/c27-1-8-35-15-17-19(37-10-3-29)21(38-11-4-30)24(41-14-7-33)26(43-17)44-20-18(16-36-9-2-28)42-25(34)23(40-13-6-32)22(20)39-12-5-31/h17-34H,1-16H2/t17?,18?,19?,20-,21?,22?,23?,24?,25?,26-/m0/s1. The van der Waals surface area contributed by atoms with Crippen molar-refractivity contribution in [1.82, 2.24) is 0 Å². The van der Waals surface area contributed by atoms with Crippen molar-refractivity contribution in [3.63, 3.8) is 0 Å². The van der Waals surface area contributed by atoms with E-state index in [2.05, 4.69) is 0 Å². The molecule has 18 nitrogen and oxygen atoms in total. The first kappa shape index (κ1) is 39.5. The summed E-state index contributed by atoms with van der Waals surface area (Å²) in [5.41, 5.74) is 0. The Morgan fingerprint density at radius 2 is 0.795 bits per heavy atom. The minimum Gasteiger partial charge on any atom is -0.394 e. The van der Waals surface area contributed by atoms with E-state index in [1.807, 2.05) is 0 Å². The van der Waals surface area contributed by atoms with Crippen LogP contribution < -0.4 is 0 Å². The molecule has 2 aliphatic heterocycles. The van der Waals surface area contributed by atoms with Crippen molar-refractivity contribution in [2.24, 2.45) is 0 Å². The van der Waals surface area contributed by atoms with Crippen molar-refractivity contribution in [2.45, 2.75) is 61.4 Å². The smallest absolute Gasteiger partial charge is 0.187 e. The highest BCUT2D eigenvalue weighted by Crippen LogP contribution is 2.34. The monoisotopic (exact) mass is 650 g/mol. The summed E-state index contributed by atoms with van der Waals surface area (Å²) in [5, 5.41) is 76.6. The van der Waals surface area contributed by atoms with Gasteiger partial charge in [0, 0.05) is 0 Å². The lowest BCUT2D eigenvalue weighted by Crippen LogP contribution is -2.66. The van der Waals surface area contributed by atoms with Crippen LogP contribution in [-0.4, -0.2) is 208 Å². The van der Waals surface area contributed by atoms with Gasteiger partial charge in [-0.25, -0.2) is 0 Å². The van der Waals surface area contributed by atoms with Crippen LogP contribution in [0.2, 0.25) is 0 Å². The van der Waals surface area contributed by atoms with Gasteiger partial charge in [0.25, 0.3) is 0 Å². The predicted molar refractivity (Wildman–Crippen MR) is 144 cm³/mol. The van der Waals surface area contributed by atoms with Crippen LogP contribution in [0.15, 0.2) is 0 Å². The van der Waals surface area contributed by atoms with Crippen LogP contribution in [0.5, 0.6) is 0 Å². The van der Waals surface area contributed by atoms with Gasteiger partial charge in [-0.3, -0.25) is 0 Å². The van der Waals surface area contributed by atoms with E-state index in [1.165, 1.54) is 0 Å². The fourth-order valence-corrected chi connectivity index (χ4v) is 4.88. The Bertz CT molecular complexity index is 679. The van der Waals surface area contributed by atoms with E-state index in [0.717, 1.165) is 0 Å². The highest BCUT2D eigenvalue weighted by Gasteiger charge is 2.54. The summed E-state index contributed by atoms with van der Waals surface area (Å²) in [6.07, 6.45) is -11.4. The van der Waals surface area contributed by atoms with Gasteiger partial charge in [0.05, 0.1) is 106 Å². The number of hydrogen-bond donors (Lipinski definition) is 8. The highest BCUT2D eigenvalue weighted by atomic mass is 16.8. The average Bonchev–Trinajstić information content (AvgIpc) is 3.02. The topological polar surface area (TPSA) is 254 Å². The summed E-state index contributed by atoms with van der Waals surface area (Å²) < 4.78 is 58.6. The molecule has 18 heteroatoms. The Labute approximate surface area is 255 Å². The van der Waals surface area contributed by atoms with Crippen LogP contribution in [0.3, 0.4) is 0 Å². The molecule has 0 aromatic heterocycles. The minimum atomic E-state index is -1.56. The molecular weight excluding hydrogens is 600 g/mol. The Kier molecular flexibility index (Phi) is 21.1. The van der Waals surface area contributed by atoms with Gasteiger partial charge in [0.2, 0.25) is 0 Å². The molecule has 2 rings (SSSR count). The number of aliphatic hydroxyl groups is 8. The largest absolute Gasteiger partial charge is 0.394 e. The maximum Gasteiger partial charge on any atom is 0.187 e. The maximum absolute atomic E-state index is 10.8. The van der Waals surface area contributed by atoms with Crippen LogP contribution in [0.1, 0.15) is 0 Å². The van der Waals surface area contributed by atoms with Gasteiger partial charge in [0.15, 0.2) is 12.6 Å². The highest BCUT2D eigenvalue weighted by molar-refractivity contribution is 4.97. The minimum absolute atomic E-state index is 0.0235. The lowest BCUT2D eigenvalue weighted by atomic mass is 9.96. The first-order valence-electron chi connectivity index (χ1n) is 14.6. The zero-order valence-electron chi connectivity index (χ0n) is 24.7. The van der Waals surface area contributed by atoms with Gasteiger partial charge < -0.3 is 88.2 Å². The molecule has 0 radical (unpaired) electrons. The van der Waals surface area contributed by atoms with E-state index in [0.29, 0.717) is 0 Å². The summed E-state index contributed by atoms with van der Waals surface area (Å²) in [4.78, 5) is 0. The number of hydrogen-bond acceptors (Lipinski definition) is 18. The van der Waals surface area contributed by atoms with Crippen LogP contribution in [-0.2, 0) is 47.4 Å². The van der Waals surface area contributed by atoms with Crippen molar-refractivity contribution in [3.05, 3.63) is 0 Å². The Hall–Kier alpha value is -0.720. The first-order chi connectivity index (χ1) is 21.5. The summed E-state index contributed by atoms with van der Waals surface area (Å²) >= 11 is 0. The van der Waals surface area contributed by atoms with Crippen LogP contribution >= 0.6 is 0 Å². The molecule has 2 saturated heterocycles. The molecule has 2 heterocycles. The fourth-order valence-electron chi connectivity index (χ4n) is 4.88. The second-order valence-electron chi connectivity index (χ2n) is 9.60. The second kappa shape index (κ2) is 23.6. The molecule has 2 aliphatic rings. The number of ether oxygens (including phenoxy) is 10. The molecule has 10 atom stereocenters. The third-order valence-corrected chi connectivity index (χ3v) is 6.54. The van der Waals surface area contributed by atoms with Gasteiger partial charge in [-0.15, -0.1) is 0 Å². The molecular formula is C26H50O18. The van der Waals surface area contributed by atoms with Crippen molar-refractivity contribution in [2.75, 3.05) is 106 Å². The lowest BCUT2D eigenvalue weighted by Gasteiger charge is -2.49. The van der Waals surface area contributed by atoms with Crippen molar-refractivity contribution in [3.8, 4) is 0 Å². The first-order valence-corrected chi connectivity index (χ1v) is 14.6. The van der Waals surface area contributed by atoms with E-state index < -0.39 is 61.4 Å². The summed E-state index contributed by atoms with van der Waals surface area (Å²) in [5.74, 6) is 0. The Morgan fingerprint density at radius 3 is 1.27 bits per heavy atom. The van der Waals surface area contributed by atoms with Gasteiger partial charge in [-0.2, -0.15) is 0 Å². The van der Waals surface area contributed by atoms with Crippen LogP contribution in [0.4, 0.5) is 0 Å². The lowest BCUT2D eigenvalue weighted by molar-refractivity contribution is -0.371. The molecule has 8 unspecified atom stereocenters. The van der Waals surface area contributed by atoms with Crippen LogP contribution in [0, 0.1) is 0 Å². The number of aliphatic hydroxyl groups excluding tert-OH is 8. The third-order valence-electron chi connectivity index (χ3n) is 6.54. The molecule has 0 amide bonds. The molecule has 0 aromatic carbocycles. The maximum atomic E-state index is 10.8. The molecule has 44 heavy (non-hydrogen) atoms. The van der Waals surface area contributed by atoms with E-state index in [1.54, 1.807) is 0 Å². The van der Waals surface area contributed by atoms with E-state index in [4.69, 9.17) is 47.4 Å². The fraction of sp³-hybridized carbons (Fsp3) is 1.00. The summed E-state index contributed by atoms with van der Waals surface area (Å²) in [6.45, 7) is -3.54. The van der Waals surface area contributed by atoms with Crippen molar-refractivity contribution >= 4 is 0 Å². The second-order valence-corrected chi connectivity index (χ2v) is 9.60.